The number of esters is 1. The largest absolute Gasteiger partial charge is 0.465 e. The van der Waals surface area contributed by atoms with Crippen molar-refractivity contribution in [1.29, 1.82) is 0 Å². The van der Waals surface area contributed by atoms with Crippen LogP contribution < -0.4 is 4.90 Å². The van der Waals surface area contributed by atoms with E-state index in [1.165, 1.54) is 5.69 Å². The Morgan fingerprint density at radius 3 is 2.78 bits per heavy atom. The van der Waals surface area contributed by atoms with Gasteiger partial charge in [-0.25, -0.2) is 0 Å². The number of unbranched alkanes of at least 4 members (excludes halogenated alkanes) is 2. The Morgan fingerprint density at radius 1 is 1.26 bits per heavy atom. The van der Waals surface area contributed by atoms with Gasteiger partial charge < -0.3 is 9.64 Å². The van der Waals surface area contributed by atoms with Gasteiger partial charge in [-0.2, -0.15) is 0 Å². The number of ether oxygens (including phenoxy) is 1. The summed E-state index contributed by atoms with van der Waals surface area (Å²) in [5.74, 6) is -0.0396. The van der Waals surface area contributed by atoms with E-state index < -0.39 is 0 Å². The van der Waals surface area contributed by atoms with Crippen LogP contribution in [-0.4, -0.2) is 43.8 Å². The minimum Gasteiger partial charge on any atom is -0.465 e. The van der Waals surface area contributed by atoms with E-state index in [-0.39, 0.29) is 12.0 Å². The molecule has 0 bridgehead atoms. The molecule has 0 unspecified atom stereocenters. The van der Waals surface area contributed by atoms with E-state index >= 15 is 0 Å². The predicted molar refractivity (Wildman–Crippen MR) is 94.5 cm³/mol. The standard InChI is InChI=1S/C19H30N2O2/c1-3-4-10-15-23-19(22)18-13-8-9-14-21(18)16-20(2)17-11-6-5-7-12-17/h5-7,11-12,18H,3-4,8-10,13-16H2,1-2H3/t18-/m0/s1. The molecule has 0 aliphatic carbocycles. The Bertz CT molecular complexity index is 464. The first-order valence-electron chi connectivity index (χ1n) is 8.89. The smallest absolute Gasteiger partial charge is 0.323 e. The van der Waals surface area contributed by atoms with Crippen molar-refractivity contribution in [2.75, 3.05) is 31.8 Å². The quantitative estimate of drug-likeness (QED) is 0.541. The topological polar surface area (TPSA) is 32.8 Å². The summed E-state index contributed by atoms with van der Waals surface area (Å²) in [4.78, 5) is 16.9. The molecule has 1 fully saturated rings. The van der Waals surface area contributed by atoms with Crippen LogP contribution in [0.25, 0.3) is 0 Å². The number of piperidine rings is 1. The molecule has 0 N–H and O–H groups in total. The van der Waals surface area contributed by atoms with Gasteiger partial charge in [0.2, 0.25) is 0 Å². The van der Waals surface area contributed by atoms with Crippen molar-refractivity contribution in [3.05, 3.63) is 30.3 Å². The first kappa shape index (κ1) is 17.8. The van der Waals surface area contributed by atoms with Gasteiger partial charge in [0.15, 0.2) is 0 Å². The normalized spacial score (nSPS) is 18.6. The number of para-hydroxylation sites is 1. The summed E-state index contributed by atoms with van der Waals surface area (Å²) in [6, 6.07) is 10.2. The lowest BCUT2D eigenvalue weighted by Gasteiger charge is -2.37. The van der Waals surface area contributed by atoms with Crippen LogP contribution in [0.2, 0.25) is 0 Å². The molecule has 23 heavy (non-hydrogen) atoms. The summed E-state index contributed by atoms with van der Waals surface area (Å²) in [5, 5.41) is 0. The number of carbonyl (C=O) groups is 1. The van der Waals surface area contributed by atoms with Crippen LogP contribution in [-0.2, 0) is 9.53 Å². The van der Waals surface area contributed by atoms with Gasteiger partial charge in [0.1, 0.15) is 6.04 Å². The predicted octanol–water partition coefficient (Wildman–Crippen LogP) is 3.67. The van der Waals surface area contributed by atoms with E-state index in [4.69, 9.17) is 4.74 Å². The molecule has 1 aromatic carbocycles. The van der Waals surface area contributed by atoms with E-state index in [1.54, 1.807) is 0 Å². The molecule has 2 rings (SSSR count). The summed E-state index contributed by atoms with van der Waals surface area (Å²) < 4.78 is 5.50. The molecule has 1 atom stereocenters. The maximum atomic E-state index is 12.4. The summed E-state index contributed by atoms with van der Waals surface area (Å²) in [7, 11) is 2.08. The Labute approximate surface area is 140 Å². The zero-order valence-electron chi connectivity index (χ0n) is 14.5. The number of hydrogen-bond donors (Lipinski definition) is 0. The monoisotopic (exact) mass is 318 g/mol. The molecule has 4 nitrogen and oxygen atoms in total. The van der Waals surface area contributed by atoms with Crippen molar-refractivity contribution in [1.82, 2.24) is 4.90 Å². The number of benzene rings is 1. The van der Waals surface area contributed by atoms with Gasteiger partial charge in [0.05, 0.1) is 13.3 Å². The van der Waals surface area contributed by atoms with E-state index in [0.29, 0.717) is 6.61 Å². The van der Waals surface area contributed by atoms with Crippen LogP contribution >= 0.6 is 0 Å². The highest BCUT2D eigenvalue weighted by Gasteiger charge is 2.30. The van der Waals surface area contributed by atoms with Gasteiger partial charge in [0.25, 0.3) is 0 Å². The van der Waals surface area contributed by atoms with E-state index in [2.05, 4.69) is 35.9 Å². The molecule has 0 aromatic heterocycles. The maximum Gasteiger partial charge on any atom is 0.323 e. The second kappa shape index (κ2) is 9.56. The fourth-order valence-corrected chi connectivity index (χ4v) is 3.08. The average Bonchev–Trinajstić information content (AvgIpc) is 2.60. The second-order valence-corrected chi connectivity index (χ2v) is 6.37. The van der Waals surface area contributed by atoms with Crippen LogP contribution in [0.1, 0.15) is 45.4 Å². The van der Waals surface area contributed by atoms with Crippen molar-refractivity contribution < 1.29 is 9.53 Å². The van der Waals surface area contributed by atoms with Crippen molar-refractivity contribution in [3.63, 3.8) is 0 Å². The van der Waals surface area contributed by atoms with Crippen LogP contribution in [0.5, 0.6) is 0 Å². The van der Waals surface area contributed by atoms with Gasteiger partial charge in [-0.1, -0.05) is 44.4 Å². The highest BCUT2D eigenvalue weighted by Crippen LogP contribution is 2.20. The second-order valence-electron chi connectivity index (χ2n) is 6.37. The Hall–Kier alpha value is -1.55. The molecule has 1 heterocycles. The van der Waals surface area contributed by atoms with Gasteiger partial charge in [-0.15, -0.1) is 0 Å². The summed E-state index contributed by atoms with van der Waals surface area (Å²) >= 11 is 0. The van der Waals surface area contributed by atoms with Crippen LogP contribution in [0, 0.1) is 0 Å². The van der Waals surface area contributed by atoms with Crippen molar-refractivity contribution in [2.45, 2.75) is 51.5 Å². The first-order chi connectivity index (χ1) is 11.2. The van der Waals surface area contributed by atoms with Gasteiger partial charge in [-0.05, 0) is 31.4 Å². The van der Waals surface area contributed by atoms with Crippen molar-refractivity contribution in [3.8, 4) is 0 Å². The number of carbonyl (C=O) groups excluding carboxylic acids is 1. The Balaban J connectivity index is 1.88. The van der Waals surface area contributed by atoms with E-state index in [1.807, 2.05) is 18.2 Å². The average molecular weight is 318 g/mol. The molecule has 1 aromatic rings. The minimum atomic E-state index is -0.0865. The SMILES string of the molecule is CCCCCOC(=O)[C@@H]1CCCCN1CN(C)c1ccccc1. The molecule has 1 saturated heterocycles. The van der Waals surface area contributed by atoms with Gasteiger partial charge in [0, 0.05) is 19.3 Å². The van der Waals surface area contributed by atoms with E-state index in [9.17, 15) is 4.79 Å². The molecular formula is C19H30N2O2. The molecule has 128 valence electrons. The molecule has 0 spiro atoms. The van der Waals surface area contributed by atoms with E-state index in [0.717, 1.165) is 51.7 Å². The molecule has 0 radical (unpaired) electrons. The highest BCUT2D eigenvalue weighted by atomic mass is 16.5. The number of nitrogens with zero attached hydrogens (tertiary/aromatic N) is 2. The molecular weight excluding hydrogens is 288 g/mol. The first-order valence-corrected chi connectivity index (χ1v) is 8.89. The van der Waals surface area contributed by atoms with Crippen LogP contribution in [0.4, 0.5) is 5.69 Å². The third kappa shape index (κ3) is 5.54. The number of likely N-dealkylation sites (tertiary alicyclic amines) is 1. The fraction of sp³-hybridized carbons (Fsp3) is 0.632. The summed E-state index contributed by atoms with van der Waals surface area (Å²) in [6.45, 7) is 4.44. The summed E-state index contributed by atoms with van der Waals surface area (Å²) in [6.07, 6.45) is 6.42. The minimum absolute atomic E-state index is 0.0396. The third-order valence-corrected chi connectivity index (χ3v) is 4.47. The lowest BCUT2D eigenvalue weighted by molar-refractivity contribution is -0.151. The zero-order valence-corrected chi connectivity index (χ0v) is 14.5. The maximum absolute atomic E-state index is 12.4. The zero-order chi connectivity index (χ0) is 16.5. The lowest BCUT2D eigenvalue weighted by atomic mass is 10.0. The molecule has 1 aliphatic heterocycles. The highest BCUT2D eigenvalue weighted by molar-refractivity contribution is 5.76. The van der Waals surface area contributed by atoms with Crippen molar-refractivity contribution in [2.24, 2.45) is 0 Å². The molecule has 1 aliphatic rings. The van der Waals surface area contributed by atoms with Crippen LogP contribution in [0.3, 0.4) is 0 Å². The fourth-order valence-electron chi connectivity index (χ4n) is 3.08. The molecule has 0 amide bonds. The summed E-state index contributed by atoms with van der Waals surface area (Å²) in [5.41, 5.74) is 1.17. The number of anilines is 1. The van der Waals surface area contributed by atoms with Crippen LogP contribution in [0.15, 0.2) is 30.3 Å². The number of rotatable bonds is 8. The van der Waals surface area contributed by atoms with Gasteiger partial charge >= 0.3 is 5.97 Å². The number of hydrogen-bond acceptors (Lipinski definition) is 4. The molecule has 0 saturated carbocycles. The van der Waals surface area contributed by atoms with Gasteiger partial charge in [-0.3, -0.25) is 9.69 Å². The van der Waals surface area contributed by atoms with Crippen molar-refractivity contribution >= 4 is 11.7 Å². The Morgan fingerprint density at radius 2 is 2.04 bits per heavy atom. The third-order valence-electron chi connectivity index (χ3n) is 4.47. The lowest BCUT2D eigenvalue weighted by Crippen LogP contribution is -2.49. The Kier molecular flexibility index (Phi) is 7.40. The molecule has 4 heteroatoms.